The van der Waals surface area contributed by atoms with E-state index in [0.717, 1.165) is 66.1 Å². The van der Waals surface area contributed by atoms with Crippen LogP contribution in [0.3, 0.4) is 0 Å². The van der Waals surface area contributed by atoms with Crippen LogP contribution in [0.4, 0.5) is 10.5 Å². The number of carbonyl (C=O) groups is 1. The van der Waals surface area contributed by atoms with Crippen LogP contribution in [0.2, 0.25) is 0 Å². The number of benzene rings is 1. The van der Waals surface area contributed by atoms with E-state index < -0.39 is 0 Å². The molecule has 7 heteroatoms. The highest BCUT2D eigenvalue weighted by molar-refractivity contribution is 7.99. The first kappa shape index (κ1) is 18.1. The molecular formula is C21H23N3O2S2. The van der Waals surface area contributed by atoms with Gasteiger partial charge in [-0.25, -0.2) is 4.79 Å². The van der Waals surface area contributed by atoms with Gasteiger partial charge in [-0.3, -0.25) is 4.72 Å². The zero-order valence-corrected chi connectivity index (χ0v) is 17.3. The Morgan fingerprint density at radius 3 is 2.43 bits per heavy atom. The van der Waals surface area contributed by atoms with Gasteiger partial charge in [0.15, 0.2) is 0 Å². The van der Waals surface area contributed by atoms with E-state index in [-0.39, 0.29) is 6.03 Å². The lowest BCUT2D eigenvalue weighted by molar-refractivity contribution is 0.257. The molecule has 0 atom stereocenters. The second-order valence-corrected chi connectivity index (χ2v) is 9.94. The monoisotopic (exact) mass is 413 g/mol. The van der Waals surface area contributed by atoms with Crippen molar-refractivity contribution in [2.45, 2.75) is 62.0 Å². The molecule has 0 unspecified atom stereocenters. The number of urea groups is 1. The average Bonchev–Trinajstić information content (AvgIpc) is 3.44. The summed E-state index contributed by atoms with van der Waals surface area (Å²) < 4.78 is 3.97. The van der Waals surface area contributed by atoms with Crippen LogP contribution < -0.4 is 10.0 Å². The van der Waals surface area contributed by atoms with Crippen molar-refractivity contribution in [2.75, 3.05) is 5.32 Å². The van der Waals surface area contributed by atoms with Gasteiger partial charge in [-0.2, -0.15) is 0 Å². The third-order valence-electron chi connectivity index (χ3n) is 5.99. The lowest BCUT2D eigenvalue weighted by atomic mass is 9.97. The topological polar surface area (TPSA) is 73.7 Å². The van der Waals surface area contributed by atoms with Crippen molar-refractivity contribution in [1.29, 1.82) is 0 Å². The van der Waals surface area contributed by atoms with Crippen LogP contribution in [-0.4, -0.2) is 17.0 Å². The molecule has 146 valence electrons. The number of thiophene rings is 1. The maximum absolute atomic E-state index is 12.6. The fourth-order valence-corrected chi connectivity index (χ4v) is 6.71. The van der Waals surface area contributed by atoms with E-state index in [2.05, 4.69) is 21.3 Å². The van der Waals surface area contributed by atoms with Gasteiger partial charge in [-0.1, -0.05) is 11.2 Å². The lowest BCUT2D eigenvalue weighted by Gasteiger charge is -2.16. The Bertz CT molecular complexity index is 948. The van der Waals surface area contributed by atoms with Crippen LogP contribution >= 0.6 is 23.3 Å². The van der Waals surface area contributed by atoms with Crippen LogP contribution in [0.1, 0.15) is 58.4 Å². The summed E-state index contributed by atoms with van der Waals surface area (Å²) in [5, 5.41) is 15.8. The molecule has 3 aliphatic carbocycles. The summed E-state index contributed by atoms with van der Waals surface area (Å²) >= 11 is 3.01. The highest BCUT2D eigenvalue weighted by Crippen LogP contribution is 2.39. The van der Waals surface area contributed by atoms with Crippen molar-refractivity contribution < 1.29 is 10.0 Å². The summed E-state index contributed by atoms with van der Waals surface area (Å²) in [5.41, 5.74) is 8.38. The first-order valence-electron chi connectivity index (χ1n) is 9.97. The van der Waals surface area contributed by atoms with E-state index in [4.69, 9.17) is 0 Å². The van der Waals surface area contributed by atoms with Crippen molar-refractivity contribution in [3.05, 3.63) is 44.8 Å². The van der Waals surface area contributed by atoms with E-state index in [0.29, 0.717) is 0 Å². The number of oxime groups is 1. The maximum Gasteiger partial charge on any atom is 0.329 e. The number of nitrogens with one attached hydrogen (secondary N) is 2. The standard InChI is InChI=1S/C21H23N3O2S2/c25-21(24-28-19-11-16-17(23-26)8-3-9-18(16)27-19)22-20-14-6-1-4-12(14)10-13-5-2-7-15(13)20/h10-11,26H,1-9H2,(H2,22,24,25)/b23-17-. The number of anilines is 1. The molecule has 0 saturated heterocycles. The summed E-state index contributed by atoms with van der Waals surface area (Å²) in [7, 11) is 0. The number of hydrogen-bond donors (Lipinski definition) is 3. The lowest BCUT2D eigenvalue weighted by Crippen LogP contribution is -2.24. The van der Waals surface area contributed by atoms with Crippen molar-refractivity contribution in [2.24, 2.45) is 5.16 Å². The van der Waals surface area contributed by atoms with Crippen LogP contribution in [0.5, 0.6) is 0 Å². The Balaban J connectivity index is 1.30. The number of carbonyl (C=O) groups excluding carboxylic acids is 1. The number of rotatable bonds is 3. The van der Waals surface area contributed by atoms with Gasteiger partial charge in [0, 0.05) is 16.1 Å². The fourth-order valence-electron chi connectivity index (χ4n) is 4.74. The largest absolute Gasteiger partial charge is 0.411 e. The Hall–Kier alpha value is -1.99. The molecule has 1 heterocycles. The van der Waals surface area contributed by atoms with Crippen molar-refractivity contribution in [1.82, 2.24) is 4.72 Å². The minimum atomic E-state index is -0.165. The van der Waals surface area contributed by atoms with Gasteiger partial charge in [-0.15, -0.1) is 11.3 Å². The molecule has 0 saturated carbocycles. The van der Waals surface area contributed by atoms with Crippen molar-refractivity contribution >= 4 is 40.7 Å². The smallest absolute Gasteiger partial charge is 0.329 e. The zero-order valence-electron chi connectivity index (χ0n) is 15.6. The van der Waals surface area contributed by atoms with Crippen LogP contribution in [0.15, 0.2) is 21.5 Å². The second-order valence-electron chi connectivity index (χ2n) is 7.69. The summed E-state index contributed by atoms with van der Waals surface area (Å²) in [4.78, 5) is 13.9. The molecular weight excluding hydrogens is 390 g/mol. The number of hydrogen-bond acceptors (Lipinski definition) is 5. The van der Waals surface area contributed by atoms with E-state index in [1.54, 1.807) is 11.3 Å². The quantitative estimate of drug-likeness (QED) is 0.374. The molecule has 3 aliphatic rings. The molecule has 0 fully saturated rings. The van der Waals surface area contributed by atoms with Gasteiger partial charge in [0.1, 0.15) is 0 Å². The molecule has 2 amide bonds. The summed E-state index contributed by atoms with van der Waals surface area (Å²) in [6, 6.07) is 4.23. The molecule has 0 radical (unpaired) electrons. The number of fused-ring (bicyclic) bond motifs is 3. The predicted molar refractivity (Wildman–Crippen MR) is 114 cm³/mol. The van der Waals surface area contributed by atoms with E-state index >= 15 is 0 Å². The summed E-state index contributed by atoms with van der Waals surface area (Å²) in [5.74, 6) is 0. The number of nitrogens with zero attached hydrogens (tertiary/aromatic N) is 1. The Morgan fingerprint density at radius 2 is 1.71 bits per heavy atom. The number of amides is 2. The molecule has 0 bridgehead atoms. The summed E-state index contributed by atoms with van der Waals surface area (Å²) in [6.07, 6.45) is 9.56. The molecule has 5 rings (SSSR count). The molecule has 1 aromatic heterocycles. The molecule has 28 heavy (non-hydrogen) atoms. The first-order valence-corrected chi connectivity index (χ1v) is 11.6. The highest BCUT2D eigenvalue weighted by atomic mass is 32.2. The van der Waals surface area contributed by atoms with Gasteiger partial charge in [0.2, 0.25) is 0 Å². The highest BCUT2D eigenvalue weighted by Gasteiger charge is 2.25. The van der Waals surface area contributed by atoms with Gasteiger partial charge in [-0.05, 0) is 98.1 Å². The van der Waals surface area contributed by atoms with Crippen molar-refractivity contribution in [3.63, 3.8) is 0 Å². The molecule has 3 N–H and O–H groups in total. The Labute approximate surface area is 172 Å². The first-order chi connectivity index (χ1) is 13.7. The van der Waals surface area contributed by atoms with Gasteiger partial charge in [0.25, 0.3) is 0 Å². The van der Waals surface area contributed by atoms with Crippen LogP contribution in [0.25, 0.3) is 0 Å². The molecule has 0 aliphatic heterocycles. The molecule has 1 aromatic carbocycles. The number of aryl methyl sites for hydroxylation is 3. The minimum Gasteiger partial charge on any atom is -0.411 e. The van der Waals surface area contributed by atoms with E-state index in [1.165, 1.54) is 51.9 Å². The predicted octanol–water partition coefficient (Wildman–Crippen LogP) is 5.07. The van der Waals surface area contributed by atoms with Crippen LogP contribution in [0, 0.1) is 0 Å². The van der Waals surface area contributed by atoms with E-state index in [9.17, 15) is 10.0 Å². The second kappa shape index (κ2) is 7.44. The Kier molecular flexibility index (Phi) is 4.80. The third kappa shape index (κ3) is 3.20. The minimum absolute atomic E-state index is 0.165. The third-order valence-corrected chi connectivity index (χ3v) is 8.09. The van der Waals surface area contributed by atoms with Gasteiger partial charge >= 0.3 is 6.03 Å². The molecule has 0 spiro atoms. The zero-order chi connectivity index (χ0) is 19.1. The van der Waals surface area contributed by atoms with Gasteiger partial charge in [0.05, 0.1) is 9.92 Å². The van der Waals surface area contributed by atoms with E-state index in [1.807, 2.05) is 6.07 Å². The maximum atomic E-state index is 12.6. The normalized spacial score (nSPS) is 18.6. The fraction of sp³-hybridized carbons (Fsp3) is 0.429. The molecule has 5 nitrogen and oxygen atoms in total. The molecule has 2 aromatic rings. The van der Waals surface area contributed by atoms with Gasteiger partial charge < -0.3 is 10.5 Å². The summed E-state index contributed by atoms with van der Waals surface area (Å²) in [6.45, 7) is 0. The SMILES string of the molecule is O=C(NSc1cc2c(s1)CCC/C2=N/O)Nc1c2c(cc3c1CCC3)CCC2. The van der Waals surface area contributed by atoms with Crippen LogP contribution in [-0.2, 0) is 32.1 Å². The average molecular weight is 414 g/mol. The van der Waals surface area contributed by atoms with Crippen molar-refractivity contribution in [3.8, 4) is 0 Å². The Morgan fingerprint density at radius 1 is 1.00 bits per heavy atom.